The van der Waals surface area contributed by atoms with E-state index < -0.39 is 5.97 Å². The predicted octanol–water partition coefficient (Wildman–Crippen LogP) is 5.50. The highest BCUT2D eigenvalue weighted by Gasteiger charge is 2.25. The highest BCUT2D eigenvalue weighted by atomic mass is 35.5. The number of nitrogens with zero attached hydrogens (tertiary/aromatic N) is 5. The van der Waals surface area contributed by atoms with Gasteiger partial charge in [0.25, 0.3) is 0 Å². The lowest BCUT2D eigenvalue weighted by atomic mass is 10.1. The molecule has 4 aromatic rings. The molecule has 5 rings (SSSR count). The van der Waals surface area contributed by atoms with Crippen LogP contribution < -0.4 is 5.32 Å². The average molecular weight is 547 g/mol. The number of carbonyl (C=O) groups excluding carboxylic acids is 2. The second-order valence-electron chi connectivity index (χ2n) is 9.05. The molecule has 200 valence electrons. The lowest BCUT2D eigenvalue weighted by molar-refractivity contribution is 0.0600. The molecule has 10 nitrogen and oxygen atoms in total. The van der Waals surface area contributed by atoms with E-state index in [0.717, 1.165) is 29.7 Å². The molecule has 0 radical (unpaired) electrons. The quantitative estimate of drug-likeness (QED) is 0.303. The second kappa shape index (κ2) is 12.0. The average Bonchev–Trinajstić information content (AvgIpc) is 3.45. The van der Waals surface area contributed by atoms with Crippen molar-refractivity contribution in [3.05, 3.63) is 89.3 Å². The fraction of sp³-hybridized carbons (Fsp3) is 0.250. The number of esters is 1. The maximum absolute atomic E-state index is 12.5. The van der Waals surface area contributed by atoms with Gasteiger partial charge in [0, 0.05) is 24.8 Å². The van der Waals surface area contributed by atoms with Crippen molar-refractivity contribution >= 4 is 35.3 Å². The van der Waals surface area contributed by atoms with Crippen molar-refractivity contribution in [2.75, 3.05) is 25.5 Å². The molecule has 0 bridgehead atoms. The molecule has 1 aliphatic rings. The number of ether oxygens (including phenoxy) is 2. The van der Waals surface area contributed by atoms with Crippen molar-refractivity contribution < 1.29 is 19.1 Å². The predicted molar refractivity (Wildman–Crippen MR) is 146 cm³/mol. The van der Waals surface area contributed by atoms with Crippen LogP contribution in [-0.4, -0.2) is 56.9 Å². The first kappa shape index (κ1) is 26.2. The summed E-state index contributed by atoms with van der Waals surface area (Å²) >= 11 is 6.36. The van der Waals surface area contributed by atoms with Crippen LogP contribution in [0.4, 0.5) is 16.4 Å². The lowest BCUT2D eigenvalue weighted by Crippen LogP contribution is -2.39. The zero-order valence-electron chi connectivity index (χ0n) is 21.3. The molecule has 0 aliphatic carbocycles. The first-order chi connectivity index (χ1) is 19.0. The Morgan fingerprint density at radius 3 is 2.51 bits per heavy atom. The summed E-state index contributed by atoms with van der Waals surface area (Å²) in [6.07, 6.45) is 6.38. The van der Waals surface area contributed by atoms with E-state index >= 15 is 0 Å². The van der Waals surface area contributed by atoms with E-state index in [0.29, 0.717) is 35.3 Å². The molecule has 2 aromatic heterocycles. The number of hydrogen-bond acceptors (Lipinski definition) is 8. The minimum absolute atomic E-state index is 0.161. The number of aromatic nitrogens is 4. The number of amides is 1. The van der Waals surface area contributed by atoms with E-state index in [2.05, 4.69) is 20.4 Å². The topological polar surface area (TPSA) is 111 Å². The summed E-state index contributed by atoms with van der Waals surface area (Å²) in [5.74, 6) is -0.0506. The van der Waals surface area contributed by atoms with Crippen LogP contribution >= 0.6 is 11.6 Å². The van der Waals surface area contributed by atoms with Gasteiger partial charge in [0.05, 0.1) is 47.5 Å². The van der Waals surface area contributed by atoms with Crippen LogP contribution in [0, 0.1) is 0 Å². The zero-order chi connectivity index (χ0) is 27.2. The normalized spacial score (nSPS) is 13.6. The lowest BCUT2D eigenvalue weighted by Gasteiger charge is -2.31. The van der Waals surface area contributed by atoms with Gasteiger partial charge in [0.15, 0.2) is 0 Å². The maximum atomic E-state index is 12.5. The van der Waals surface area contributed by atoms with Crippen LogP contribution in [0.25, 0.3) is 11.3 Å². The molecule has 0 saturated carbocycles. The van der Waals surface area contributed by atoms with Gasteiger partial charge in [-0.25, -0.2) is 19.6 Å². The van der Waals surface area contributed by atoms with Gasteiger partial charge in [0.1, 0.15) is 6.61 Å². The Bertz CT molecular complexity index is 1440. The fourth-order valence-corrected chi connectivity index (χ4v) is 4.57. The molecule has 11 heteroatoms. The Balaban J connectivity index is 1.17. The van der Waals surface area contributed by atoms with Crippen molar-refractivity contribution in [3.8, 4) is 11.3 Å². The van der Waals surface area contributed by atoms with Crippen LogP contribution in [0.5, 0.6) is 0 Å². The van der Waals surface area contributed by atoms with Crippen molar-refractivity contribution in [2.45, 2.75) is 25.5 Å². The molecular weight excluding hydrogens is 520 g/mol. The Hall–Kier alpha value is -4.44. The van der Waals surface area contributed by atoms with Crippen molar-refractivity contribution in [3.63, 3.8) is 0 Å². The Morgan fingerprint density at radius 2 is 1.79 bits per heavy atom. The zero-order valence-corrected chi connectivity index (χ0v) is 22.0. The number of benzene rings is 2. The number of methoxy groups -OCH3 is 1. The number of carbonyl (C=O) groups is 2. The van der Waals surface area contributed by atoms with Gasteiger partial charge in [-0.1, -0.05) is 54.1 Å². The molecule has 1 saturated heterocycles. The highest BCUT2D eigenvalue weighted by Crippen LogP contribution is 2.28. The Morgan fingerprint density at radius 1 is 1.05 bits per heavy atom. The van der Waals surface area contributed by atoms with Gasteiger partial charge in [-0.15, -0.1) is 0 Å². The molecule has 0 unspecified atom stereocenters. The summed E-state index contributed by atoms with van der Waals surface area (Å²) < 4.78 is 12.1. The van der Waals surface area contributed by atoms with Crippen LogP contribution in [-0.2, 0) is 16.1 Å². The Kier molecular flexibility index (Phi) is 8.02. The van der Waals surface area contributed by atoms with E-state index in [4.69, 9.17) is 21.1 Å². The number of nitrogens with one attached hydrogen (secondary N) is 1. The largest absolute Gasteiger partial charge is 0.465 e. The number of likely N-dealkylation sites (tertiary alicyclic amines) is 1. The fourth-order valence-electron chi connectivity index (χ4n) is 4.37. The van der Waals surface area contributed by atoms with E-state index in [1.807, 2.05) is 41.2 Å². The minimum Gasteiger partial charge on any atom is -0.465 e. The van der Waals surface area contributed by atoms with E-state index in [9.17, 15) is 9.59 Å². The minimum atomic E-state index is -0.414. The summed E-state index contributed by atoms with van der Waals surface area (Å²) in [4.78, 5) is 34.8. The Labute approximate surface area is 230 Å². The molecule has 2 aromatic carbocycles. The van der Waals surface area contributed by atoms with Crippen molar-refractivity contribution in [2.24, 2.45) is 0 Å². The van der Waals surface area contributed by atoms with E-state index in [1.54, 1.807) is 35.4 Å². The molecule has 39 heavy (non-hydrogen) atoms. The maximum Gasteiger partial charge on any atom is 0.410 e. The van der Waals surface area contributed by atoms with E-state index in [-0.39, 0.29) is 18.7 Å². The summed E-state index contributed by atoms with van der Waals surface area (Å²) in [7, 11) is 1.34. The molecule has 3 heterocycles. The second-order valence-corrected chi connectivity index (χ2v) is 9.46. The highest BCUT2D eigenvalue weighted by molar-refractivity contribution is 6.32. The standard InChI is InChI=1S/C28H27ClN6O4/c1-38-26(36)21-9-7-20(8-10-21)25-24(29)16-30-27(33-25)32-22-15-31-35(17-22)23-11-13-34(14-12-23)28(37)39-18-19-5-3-2-4-6-19/h2-10,15-17,23H,11-14,18H2,1H3,(H,30,32,33). The molecule has 0 atom stereocenters. The number of piperidine rings is 1. The first-order valence-corrected chi connectivity index (χ1v) is 12.9. The number of hydrogen-bond donors (Lipinski definition) is 1. The van der Waals surface area contributed by atoms with Gasteiger partial charge in [-0.05, 0) is 30.5 Å². The third-order valence-corrected chi connectivity index (χ3v) is 6.76. The van der Waals surface area contributed by atoms with Crippen LogP contribution in [0.3, 0.4) is 0 Å². The van der Waals surface area contributed by atoms with E-state index in [1.165, 1.54) is 13.3 Å². The molecular formula is C28H27ClN6O4. The molecule has 1 amide bonds. The smallest absolute Gasteiger partial charge is 0.410 e. The van der Waals surface area contributed by atoms with Crippen LogP contribution in [0.15, 0.2) is 73.2 Å². The summed E-state index contributed by atoms with van der Waals surface area (Å²) in [5, 5.41) is 8.07. The summed E-state index contributed by atoms with van der Waals surface area (Å²) in [6, 6.07) is 16.6. The van der Waals surface area contributed by atoms with Crippen molar-refractivity contribution in [1.82, 2.24) is 24.6 Å². The monoisotopic (exact) mass is 546 g/mol. The number of rotatable bonds is 7. The van der Waals surface area contributed by atoms with Crippen LogP contribution in [0.1, 0.15) is 34.8 Å². The number of halogens is 1. The molecule has 0 spiro atoms. The summed E-state index contributed by atoms with van der Waals surface area (Å²) in [6.45, 7) is 1.46. The van der Waals surface area contributed by atoms with Gasteiger partial charge < -0.3 is 19.7 Å². The molecule has 1 N–H and O–H groups in total. The van der Waals surface area contributed by atoms with Crippen molar-refractivity contribution in [1.29, 1.82) is 0 Å². The molecule has 1 aliphatic heterocycles. The van der Waals surface area contributed by atoms with Gasteiger partial charge in [-0.2, -0.15) is 5.10 Å². The molecule has 1 fully saturated rings. The number of anilines is 2. The van der Waals surface area contributed by atoms with Gasteiger partial charge in [0.2, 0.25) is 5.95 Å². The van der Waals surface area contributed by atoms with Gasteiger partial charge >= 0.3 is 12.1 Å². The van der Waals surface area contributed by atoms with Gasteiger partial charge in [-0.3, -0.25) is 4.68 Å². The third-order valence-electron chi connectivity index (χ3n) is 6.48. The summed E-state index contributed by atoms with van der Waals surface area (Å²) in [5.41, 5.74) is 3.40. The SMILES string of the molecule is COC(=O)c1ccc(-c2nc(Nc3cnn(C4CCN(C(=O)OCc5ccccc5)CC4)c3)ncc2Cl)cc1. The third kappa shape index (κ3) is 6.35. The van der Waals surface area contributed by atoms with Crippen LogP contribution in [0.2, 0.25) is 5.02 Å². The first-order valence-electron chi connectivity index (χ1n) is 12.5.